The first-order chi connectivity index (χ1) is 15.6. The van der Waals surface area contributed by atoms with Crippen molar-refractivity contribution in [2.24, 2.45) is 0 Å². The Morgan fingerprint density at radius 2 is 1.88 bits per heavy atom. The van der Waals surface area contributed by atoms with Crippen LogP contribution in [0.5, 0.6) is 0 Å². The van der Waals surface area contributed by atoms with Gasteiger partial charge in [-0.15, -0.1) is 0 Å². The molecule has 1 aromatic carbocycles. The van der Waals surface area contributed by atoms with Crippen LogP contribution in [0.1, 0.15) is 70.1 Å². The van der Waals surface area contributed by atoms with Gasteiger partial charge < -0.3 is 19.9 Å². The van der Waals surface area contributed by atoms with Crippen molar-refractivity contribution in [3.8, 4) is 0 Å². The van der Waals surface area contributed by atoms with Gasteiger partial charge in [0.1, 0.15) is 5.69 Å². The summed E-state index contributed by atoms with van der Waals surface area (Å²) < 4.78 is 7.49. The highest BCUT2D eigenvalue weighted by Crippen LogP contribution is 2.24. The van der Waals surface area contributed by atoms with Crippen molar-refractivity contribution < 1.29 is 14.3 Å². The number of hydrogen-bond acceptors (Lipinski definition) is 4. The Kier molecular flexibility index (Phi) is 6.66. The van der Waals surface area contributed by atoms with E-state index < -0.39 is 0 Å². The lowest BCUT2D eigenvalue weighted by molar-refractivity contribution is 0.0774. The molecule has 2 aromatic heterocycles. The van der Waals surface area contributed by atoms with E-state index in [-0.39, 0.29) is 23.9 Å². The van der Waals surface area contributed by atoms with Gasteiger partial charge in [0, 0.05) is 12.7 Å². The molecular weight excluding hydrogens is 404 g/mol. The quantitative estimate of drug-likeness (QED) is 0.595. The lowest BCUT2D eigenvalue weighted by Gasteiger charge is -2.21. The van der Waals surface area contributed by atoms with E-state index >= 15 is 0 Å². The Labute approximate surface area is 187 Å². The molecule has 0 aliphatic carbocycles. The molecule has 0 saturated heterocycles. The minimum atomic E-state index is -0.255. The molecule has 0 bridgehead atoms. The lowest BCUT2D eigenvalue weighted by Crippen LogP contribution is -2.31. The van der Waals surface area contributed by atoms with E-state index in [4.69, 9.17) is 4.74 Å². The summed E-state index contributed by atoms with van der Waals surface area (Å²) in [6, 6.07) is 16.8. The summed E-state index contributed by atoms with van der Waals surface area (Å²) >= 11 is 0. The Morgan fingerprint density at radius 3 is 2.59 bits per heavy atom. The van der Waals surface area contributed by atoms with Crippen molar-refractivity contribution >= 4 is 11.8 Å². The number of ether oxygens (including phenoxy) is 1. The minimum absolute atomic E-state index is 0.106. The zero-order chi connectivity index (χ0) is 22.5. The van der Waals surface area contributed by atoms with Crippen LogP contribution in [0.3, 0.4) is 0 Å². The van der Waals surface area contributed by atoms with Gasteiger partial charge in [0.2, 0.25) is 0 Å². The third kappa shape index (κ3) is 4.57. The van der Waals surface area contributed by atoms with Crippen LogP contribution >= 0.6 is 0 Å². The van der Waals surface area contributed by atoms with E-state index in [0.717, 1.165) is 23.4 Å². The molecule has 2 atom stereocenters. The van der Waals surface area contributed by atoms with E-state index in [2.05, 4.69) is 15.6 Å². The molecule has 0 radical (unpaired) electrons. The third-order valence-corrected chi connectivity index (χ3v) is 5.78. The van der Waals surface area contributed by atoms with Crippen molar-refractivity contribution in [3.63, 3.8) is 0 Å². The molecule has 2 N–H and O–H groups in total. The number of hydrogen-bond donors (Lipinski definition) is 2. The number of aromatic nitrogens is 2. The first kappa shape index (κ1) is 21.8. The van der Waals surface area contributed by atoms with Gasteiger partial charge in [-0.05, 0) is 37.1 Å². The molecule has 4 rings (SSSR count). The van der Waals surface area contributed by atoms with Crippen LogP contribution in [0.25, 0.3) is 0 Å². The second kappa shape index (κ2) is 9.78. The molecule has 0 fully saturated rings. The monoisotopic (exact) mass is 432 g/mol. The van der Waals surface area contributed by atoms with E-state index in [0.29, 0.717) is 31.0 Å². The maximum atomic E-state index is 13.2. The lowest BCUT2D eigenvalue weighted by atomic mass is 10.0. The van der Waals surface area contributed by atoms with E-state index in [1.807, 2.05) is 66.9 Å². The SMILES string of the molecule is CC[C@@H](NC(=O)c1cc(C(=O)NC(C)c2ccccn2)n2c1COCC2)c1ccccc1. The topological polar surface area (TPSA) is 85.3 Å². The molecule has 2 amide bonds. The molecule has 1 aliphatic rings. The standard InChI is InChI=1S/C25H28N4O3/c1-3-20(18-9-5-4-6-10-18)28-24(30)19-15-22(29-13-14-32-16-23(19)29)25(31)27-17(2)21-11-7-8-12-26-21/h4-12,15,17,20H,3,13-14,16H2,1-2H3,(H,27,31)(H,28,30)/t17?,20-/m1/s1. The van der Waals surface area contributed by atoms with Gasteiger partial charge in [-0.25, -0.2) is 0 Å². The zero-order valence-corrected chi connectivity index (χ0v) is 18.4. The molecular formula is C25H28N4O3. The maximum Gasteiger partial charge on any atom is 0.268 e. The smallest absolute Gasteiger partial charge is 0.268 e. The average Bonchev–Trinajstić information content (AvgIpc) is 3.23. The maximum absolute atomic E-state index is 13.2. The van der Waals surface area contributed by atoms with Crippen LogP contribution in [0.4, 0.5) is 0 Å². The van der Waals surface area contributed by atoms with Crippen molar-refractivity contribution in [1.82, 2.24) is 20.2 Å². The number of carbonyl (C=O) groups is 2. The van der Waals surface area contributed by atoms with Crippen molar-refractivity contribution in [2.75, 3.05) is 6.61 Å². The summed E-state index contributed by atoms with van der Waals surface area (Å²) in [5.41, 5.74) is 3.50. The highest BCUT2D eigenvalue weighted by molar-refractivity contribution is 6.01. The number of benzene rings is 1. The number of rotatable bonds is 7. The van der Waals surface area contributed by atoms with Gasteiger partial charge in [0.15, 0.2) is 0 Å². The van der Waals surface area contributed by atoms with Crippen molar-refractivity contribution in [3.05, 3.63) is 89.0 Å². The van der Waals surface area contributed by atoms with Crippen LogP contribution < -0.4 is 10.6 Å². The number of fused-ring (bicyclic) bond motifs is 1. The number of pyridine rings is 1. The van der Waals surface area contributed by atoms with Crippen LogP contribution in [0.2, 0.25) is 0 Å². The van der Waals surface area contributed by atoms with Gasteiger partial charge in [0.05, 0.1) is 42.2 Å². The molecule has 3 heterocycles. The summed E-state index contributed by atoms with van der Waals surface area (Å²) in [6.07, 6.45) is 2.46. The number of nitrogens with zero attached hydrogens (tertiary/aromatic N) is 2. The first-order valence-electron chi connectivity index (χ1n) is 11.0. The Bertz CT molecular complexity index is 1080. The van der Waals surface area contributed by atoms with Crippen LogP contribution in [-0.2, 0) is 17.9 Å². The molecule has 0 saturated carbocycles. The van der Waals surface area contributed by atoms with E-state index in [9.17, 15) is 9.59 Å². The fraction of sp³-hybridized carbons (Fsp3) is 0.320. The highest BCUT2D eigenvalue weighted by atomic mass is 16.5. The van der Waals surface area contributed by atoms with Crippen LogP contribution in [0, 0.1) is 0 Å². The molecule has 166 valence electrons. The highest BCUT2D eigenvalue weighted by Gasteiger charge is 2.27. The fourth-order valence-corrected chi connectivity index (χ4v) is 4.03. The van der Waals surface area contributed by atoms with Gasteiger partial charge in [-0.1, -0.05) is 43.3 Å². The van der Waals surface area contributed by atoms with Gasteiger partial charge in [0.25, 0.3) is 11.8 Å². The van der Waals surface area contributed by atoms with Crippen LogP contribution in [-0.4, -0.2) is 28.0 Å². The van der Waals surface area contributed by atoms with Crippen molar-refractivity contribution in [2.45, 2.75) is 45.5 Å². The Hall–Kier alpha value is -3.45. The molecule has 1 unspecified atom stereocenters. The zero-order valence-electron chi connectivity index (χ0n) is 18.4. The Morgan fingerprint density at radius 1 is 1.09 bits per heavy atom. The summed E-state index contributed by atoms with van der Waals surface area (Å²) in [5.74, 6) is -0.438. The van der Waals surface area contributed by atoms with Gasteiger partial charge in [-0.3, -0.25) is 14.6 Å². The number of carbonyl (C=O) groups excluding carboxylic acids is 2. The fourth-order valence-electron chi connectivity index (χ4n) is 4.03. The largest absolute Gasteiger partial charge is 0.373 e. The summed E-state index contributed by atoms with van der Waals surface area (Å²) in [6.45, 7) is 5.25. The molecule has 3 aromatic rings. The van der Waals surface area contributed by atoms with Gasteiger partial charge >= 0.3 is 0 Å². The number of amides is 2. The van der Waals surface area contributed by atoms with E-state index in [1.165, 1.54) is 0 Å². The normalized spacial score (nSPS) is 14.8. The Balaban J connectivity index is 1.57. The molecule has 7 heteroatoms. The number of nitrogens with one attached hydrogen (secondary N) is 2. The summed E-state index contributed by atoms with van der Waals surface area (Å²) in [5, 5.41) is 6.12. The summed E-state index contributed by atoms with van der Waals surface area (Å²) in [4.78, 5) is 30.6. The van der Waals surface area contributed by atoms with E-state index in [1.54, 1.807) is 12.3 Å². The molecule has 32 heavy (non-hydrogen) atoms. The second-order valence-electron chi connectivity index (χ2n) is 7.89. The predicted molar refractivity (Wildman–Crippen MR) is 121 cm³/mol. The molecule has 1 aliphatic heterocycles. The average molecular weight is 433 g/mol. The third-order valence-electron chi connectivity index (χ3n) is 5.78. The summed E-state index contributed by atoms with van der Waals surface area (Å²) in [7, 11) is 0. The molecule has 0 spiro atoms. The predicted octanol–water partition coefficient (Wildman–Crippen LogP) is 3.79. The second-order valence-corrected chi connectivity index (χ2v) is 7.89. The molecule has 7 nitrogen and oxygen atoms in total. The minimum Gasteiger partial charge on any atom is -0.373 e. The van der Waals surface area contributed by atoms with Gasteiger partial charge in [-0.2, -0.15) is 0 Å². The van der Waals surface area contributed by atoms with Crippen molar-refractivity contribution in [1.29, 1.82) is 0 Å². The first-order valence-corrected chi connectivity index (χ1v) is 11.0. The van der Waals surface area contributed by atoms with Crippen LogP contribution in [0.15, 0.2) is 60.8 Å².